The highest BCUT2D eigenvalue weighted by molar-refractivity contribution is 14.1. The van der Waals surface area contributed by atoms with Gasteiger partial charge >= 0.3 is 0 Å². The SMILES string of the molecule is CCC(C)(C)c1cc(F)c(O)c(F)c1.CCC(C)(C)c1cc(F)c(O)c(OC)c1.CCC(C)(C)c1cc(I)c(O)c(I)c1.CCC(C)(C)c1cc(I)c(O)c(OC)c1.CCC(C)(C)c1cc(O)c(O)c(O)c1.CCC(C)(C)c1ccc(O)c(I)c1. The Morgan fingerprint density at radius 3 is 0.894 bits per heavy atom. The van der Waals surface area contributed by atoms with Crippen LogP contribution < -0.4 is 9.47 Å². The van der Waals surface area contributed by atoms with E-state index in [0.29, 0.717) is 22.8 Å². The van der Waals surface area contributed by atoms with Crippen molar-refractivity contribution in [2.75, 3.05) is 14.2 Å². The van der Waals surface area contributed by atoms with Crippen molar-refractivity contribution in [2.24, 2.45) is 0 Å². The molecular formula is C68H93F3I4O10. The van der Waals surface area contributed by atoms with Crippen LogP contribution in [-0.4, -0.2) is 55.1 Å². The number of methoxy groups -OCH3 is 2. The van der Waals surface area contributed by atoms with Crippen LogP contribution in [0.4, 0.5) is 13.2 Å². The molecule has 17 heteroatoms. The summed E-state index contributed by atoms with van der Waals surface area (Å²) >= 11 is 8.64. The molecule has 0 fully saturated rings. The molecule has 0 aliphatic heterocycles. The minimum absolute atomic E-state index is 0.112. The number of halogens is 7. The van der Waals surface area contributed by atoms with Gasteiger partial charge in [0.25, 0.3) is 0 Å². The maximum absolute atomic E-state index is 13.4. The van der Waals surface area contributed by atoms with Crippen molar-refractivity contribution in [1.82, 2.24) is 0 Å². The molecule has 85 heavy (non-hydrogen) atoms. The van der Waals surface area contributed by atoms with E-state index < -0.39 is 34.7 Å². The number of aromatic hydroxyl groups is 8. The first-order valence-electron chi connectivity index (χ1n) is 28.2. The zero-order valence-corrected chi connectivity index (χ0v) is 61.9. The Labute approximate surface area is 560 Å². The number of hydrogen-bond acceptors (Lipinski definition) is 10. The van der Waals surface area contributed by atoms with E-state index in [4.69, 9.17) is 19.7 Å². The Morgan fingerprint density at radius 2 is 0.565 bits per heavy atom. The zero-order chi connectivity index (χ0) is 66.1. The predicted octanol–water partition coefficient (Wildman–Crippen LogP) is 20.7. The second-order valence-electron chi connectivity index (χ2n) is 24.5. The van der Waals surface area contributed by atoms with Gasteiger partial charge in [-0.2, -0.15) is 0 Å². The summed E-state index contributed by atoms with van der Waals surface area (Å²) in [4.78, 5) is 0. The first kappa shape index (κ1) is 79.0. The number of phenols is 8. The molecule has 6 rings (SSSR count). The van der Waals surface area contributed by atoms with Crippen molar-refractivity contribution in [3.05, 3.63) is 144 Å². The number of phenolic OH excluding ortho intramolecular Hbond substituents is 8. The molecule has 0 amide bonds. The van der Waals surface area contributed by atoms with Crippen molar-refractivity contribution in [3.8, 4) is 57.5 Å². The van der Waals surface area contributed by atoms with Crippen LogP contribution in [0, 0.1) is 31.7 Å². The third-order valence-electron chi connectivity index (χ3n) is 16.5. The second kappa shape index (κ2) is 33.6. The predicted molar refractivity (Wildman–Crippen MR) is 376 cm³/mol. The van der Waals surface area contributed by atoms with E-state index in [1.54, 1.807) is 19.2 Å². The Balaban J connectivity index is 0.000000510. The molecule has 0 saturated carbocycles. The minimum Gasteiger partial charge on any atom is -0.507 e. The topological polar surface area (TPSA) is 180 Å². The van der Waals surface area contributed by atoms with Crippen LogP contribution in [0.1, 0.15) is 197 Å². The van der Waals surface area contributed by atoms with Gasteiger partial charge in [0, 0.05) is 0 Å². The average molecular weight is 1640 g/mol. The van der Waals surface area contributed by atoms with Crippen molar-refractivity contribution >= 4 is 90.4 Å². The molecule has 6 aromatic rings. The molecule has 0 saturated heterocycles. The second-order valence-corrected chi connectivity index (χ2v) is 29.2. The monoisotopic (exact) mass is 1630 g/mol. The van der Waals surface area contributed by atoms with Crippen LogP contribution in [-0.2, 0) is 32.5 Å². The number of hydrogen-bond donors (Lipinski definition) is 8. The van der Waals surface area contributed by atoms with E-state index in [-0.39, 0.29) is 55.5 Å². The largest absolute Gasteiger partial charge is 0.507 e. The molecule has 0 atom stereocenters. The average Bonchev–Trinajstić information content (AvgIpc) is 3.65. The third kappa shape index (κ3) is 22.5. The van der Waals surface area contributed by atoms with Crippen LogP contribution >= 0.6 is 90.4 Å². The lowest BCUT2D eigenvalue weighted by molar-refractivity contribution is 0.353. The highest BCUT2D eigenvalue weighted by atomic mass is 127. The minimum atomic E-state index is -0.902. The lowest BCUT2D eigenvalue weighted by Crippen LogP contribution is -2.16. The van der Waals surface area contributed by atoms with Gasteiger partial charge in [0.15, 0.2) is 63.4 Å². The summed E-state index contributed by atoms with van der Waals surface area (Å²) < 4.78 is 53.1. The van der Waals surface area contributed by atoms with Crippen LogP contribution in [0.25, 0.3) is 0 Å². The summed E-state index contributed by atoms with van der Waals surface area (Å²) in [5, 5.41) is 74.9. The van der Waals surface area contributed by atoms with Crippen molar-refractivity contribution < 1.29 is 63.5 Å². The van der Waals surface area contributed by atoms with Gasteiger partial charge in [-0.15, -0.1) is 0 Å². The van der Waals surface area contributed by atoms with Gasteiger partial charge in [0.2, 0.25) is 0 Å². The Hall–Kier alpha value is -3.97. The molecule has 0 heterocycles. The summed E-state index contributed by atoms with van der Waals surface area (Å²) in [5.74, 6) is -3.02. The van der Waals surface area contributed by atoms with Gasteiger partial charge in [-0.05, 0) is 268 Å². The maximum Gasteiger partial charge on any atom is 0.200 e. The molecule has 0 spiro atoms. The first-order valence-corrected chi connectivity index (χ1v) is 32.5. The fourth-order valence-electron chi connectivity index (χ4n) is 7.30. The van der Waals surface area contributed by atoms with Gasteiger partial charge in [-0.25, -0.2) is 13.2 Å². The molecule has 0 unspecified atom stereocenters. The number of ether oxygens (including phenoxy) is 2. The zero-order valence-electron chi connectivity index (χ0n) is 53.3. The number of benzene rings is 6. The molecule has 0 aliphatic rings. The molecule has 474 valence electrons. The molecule has 0 aromatic heterocycles. The summed E-state index contributed by atoms with van der Waals surface area (Å²) in [6.45, 7) is 37.7. The maximum atomic E-state index is 13.4. The van der Waals surface area contributed by atoms with Crippen molar-refractivity contribution in [1.29, 1.82) is 0 Å². The van der Waals surface area contributed by atoms with E-state index in [2.05, 4.69) is 171 Å². The molecule has 8 N–H and O–H groups in total. The normalized spacial score (nSPS) is 11.7. The van der Waals surface area contributed by atoms with Gasteiger partial charge in [0.1, 0.15) is 11.5 Å². The summed E-state index contributed by atoms with van der Waals surface area (Å²) in [6, 6.07) is 22.3. The van der Waals surface area contributed by atoms with Gasteiger partial charge in [-0.1, -0.05) is 131 Å². The van der Waals surface area contributed by atoms with E-state index in [0.717, 1.165) is 63.9 Å². The molecule has 0 aliphatic carbocycles. The summed E-state index contributed by atoms with van der Waals surface area (Å²) in [6.07, 6.45) is 5.81. The van der Waals surface area contributed by atoms with Crippen molar-refractivity contribution in [3.63, 3.8) is 0 Å². The quantitative estimate of drug-likeness (QED) is 0.0386. The van der Waals surface area contributed by atoms with Crippen LogP contribution in [0.2, 0.25) is 0 Å². The van der Waals surface area contributed by atoms with E-state index in [1.807, 2.05) is 80.5 Å². The highest BCUT2D eigenvalue weighted by Gasteiger charge is 2.26. The Morgan fingerprint density at radius 1 is 0.306 bits per heavy atom. The van der Waals surface area contributed by atoms with Gasteiger partial charge in [0.05, 0.1) is 28.5 Å². The van der Waals surface area contributed by atoms with E-state index >= 15 is 0 Å². The smallest absolute Gasteiger partial charge is 0.200 e. The molecular weight excluding hydrogens is 1540 g/mol. The van der Waals surface area contributed by atoms with E-state index in [9.17, 15) is 43.8 Å². The lowest BCUT2D eigenvalue weighted by atomic mass is 9.82. The summed E-state index contributed by atoms with van der Waals surface area (Å²) in [7, 11) is 2.99. The fraction of sp³-hybridized carbons (Fsp3) is 0.471. The molecule has 0 bridgehead atoms. The van der Waals surface area contributed by atoms with Crippen LogP contribution in [0.3, 0.4) is 0 Å². The standard InChI is InChI=1S/C12H17FO2.C12H17IO2.C11H14F2O.C11H14I2O.C11H15IO.C11H16O3/c2*1-5-12(2,3)8-6-9(13)11(14)10(7-8)15-4;2*1-4-11(2,3)7-5-8(12)10(14)9(13)6-7;1-4-11(2,3)8-5-6-10(13)9(12)7-8;1-4-11(2,3)7-5-8(12)10(14)9(13)6-7/h2*6-7,14H,5H2,1-4H3;2*5-6,14H,4H2,1-3H3;5-7,13H,4H2,1-3H3;5-6,12-14H,4H2,1-3H3. The Bertz CT molecular complexity index is 2830. The van der Waals surface area contributed by atoms with Gasteiger partial charge < -0.3 is 50.3 Å². The molecule has 0 radical (unpaired) electrons. The number of rotatable bonds is 14. The van der Waals surface area contributed by atoms with E-state index in [1.165, 1.54) is 54.1 Å². The molecule has 6 aromatic carbocycles. The van der Waals surface area contributed by atoms with Crippen LogP contribution in [0.15, 0.2) is 78.9 Å². The summed E-state index contributed by atoms with van der Waals surface area (Å²) in [5.41, 5.74) is 5.97. The lowest BCUT2D eigenvalue weighted by Gasteiger charge is -2.24. The Kier molecular flexibility index (Phi) is 31.2. The van der Waals surface area contributed by atoms with Crippen molar-refractivity contribution in [2.45, 2.75) is 196 Å². The highest BCUT2D eigenvalue weighted by Crippen LogP contribution is 2.42. The van der Waals surface area contributed by atoms with Gasteiger partial charge in [-0.3, -0.25) is 0 Å². The fourth-order valence-corrected chi connectivity index (χ4v) is 10.2. The third-order valence-corrected chi connectivity index (χ3v) is 19.9. The van der Waals surface area contributed by atoms with Crippen LogP contribution in [0.5, 0.6) is 57.5 Å². The first-order chi connectivity index (χ1) is 39.0. The molecule has 10 nitrogen and oxygen atoms in total.